The monoisotopic (exact) mass is 324 g/mol. The zero-order valence-electron chi connectivity index (χ0n) is 12.0. The van der Waals surface area contributed by atoms with Crippen molar-refractivity contribution in [3.63, 3.8) is 0 Å². The van der Waals surface area contributed by atoms with Gasteiger partial charge in [-0.25, -0.2) is 13.2 Å². The minimum Gasteiger partial charge on any atom is -0.465 e. The van der Waals surface area contributed by atoms with Crippen molar-refractivity contribution >= 4 is 27.1 Å². The Balaban J connectivity index is 2.42. The van der Waals surface area contributed by atoms with Crippen molar-refractivity contribution in [2.24, 2.45) is 0 Å². The lowest BCUT2D eigenvalue weighted by Crippen LogP contribution is -2.10. The Morgan fingerprint density at radius 2 is 2.00 bits per heavy atom. The Morgan fingerprint density at radius 1 is 1.29 bits per heavy atom. The maximum atomic E-state index is 12.5. The van der Waals surface area contributed by atoms with E-state index in [0.29, 0.717) is 10.4 Å². The highest BCUT2D eigenvalue weighted by atomic mass is 32.2. The van der Waals surface area contributed by atoms with Gasteiger partial charge in [-0.05, 0) is 48.1 Å². The molecule has 2 rings (SSSR count). The molecule has 0 saturated heterocycles. The van der Waals surface area contributed by atoms with Crippen LogP contribution in [0.25, 0.3) is 0 Å². The van der Waals surface area contributed by atoms with Crippen molar-refractivity contribution in [2.75, 3.05) is 7.11 Å². The number of esters is 1. The molecule has 0 saturated carbocycles. The van der Waals surface area contributed by atoms with Crippen LogP contribution in [0, 0.1) is 13.8 Å². The van der Waals surface area contributed by atoms with Crippen LogP contribution in [0.3, 0.4) is 0 Å². The molecular formula is C15H16O4S2. The number of thiophene rings is 1. The van der Waals surface area contributed by atoms with Crippen molar-refractivity contribution < 1.29 is 17.9 Å². The Kier molecular flexibility index (Phi) is 4.49. The van der Waals surface area contributed by atoms with E-state index in [-0.39, 0.29) is 10.6 Å². The van der Waals surface area contributed by atoms with Crippen LogP contribution in [-0.2, 0) is 20.3 Å². The van der Waals surface area contributed by atoms with Crippen LogP contribution in [0.15, 0.2) is 34.5 Å². The molecule has 112 valence electrons. The van der Waals surface area contributed by atoms with Gasteiger partial charge in [0, 0.05) is 0 Å². The van der Waals surface area contributed by atoms with Gasteiger partial charge in [-0.3, -0.25) is 0 Å². The molecule has 1 aromatic heterocycles. The molecule has 21 heavy (non-hydrogen) atoms. The summed E-state index contributed by atoms with van der Waals surface area (Å²) in [5, 5.41) is 1.77. The molecular weight excluding hydrogens is 308 g/mol. The van der Waals surface area contributed by atoms with E-state index < -0.39 is 15.8 Å². The molecule has 6 heteroatoms. The maximum Gasteiger partial charge on any atom is 0.348 e. The number of hydrogen-bond acceptors (Lipinski definition) is 5. The summed E-state index contributed by atoms with van der Waals surface area (Å²) in [6.45, 7) is 3.64. The van der Waals surface area contributed by atoms with Gasteiger partial charge in [0.15, 0.2) is 9.84 Å². The van der Waals surface area contributed by atoms with Gasteiger partial charge in [0.25, 0.3) is 0 Å². The third kappa shape index (κ3) is 3.33. The zero-order valence-corrected chi connectivity index (χ0v) is 13.7. The molecule has 4 nitrogen and oxygen atoms in total. The highest BCUT2D eigenvalue weighted by molar-refractivity contribution is 7.90. The molecule has 0 radical (unpaired) electrons. The largest absolute Gasteiger partial charge is 0.465 e. The molecule has 0 bridgehead atoms. The number of aryl methyl sites for hydroxylation is 2. The molecule has 0 unspecified atom stereocenters. The van der Waals surface area contributed by atoms with Gasteiger partial charge in [0.2, 0.25) is 0 Å². The van der Waals surface area contributed by atoms with E-state index in [1.807, 2.05) is 13.0 Å². The number of sulfone groups is 1. The SMILES string of the molecule is COC(=O)c1scc(C)c1CS(=O)(=O)c1cccc(C)c1. The van der Waals surface area contributed by atoms with Crippen molar-refractivity contribution in [2.45, 2.75) is 24.5 Å². The Hall–Kier alpha value is -1.66. The normalized spacial score (nSPS) is 11.4. The van der Waals surface area contributed by atoms with Gasteiger partial charge in [0.1, 0.15) is 4.88 Å². The van der Waals surface area contributed by atoms with Gasteiger partial charge in [-0.15, -0.1) is 11.3 Å². The number of hydrogen-bond donors (Lipinski definition) is 0. The number of carbonyl (C=O) groups is 1. The molecule has 0 spiro atoms. The molecule has 0 aliphatic carbocycles. The predicted octanol–water partition coefficient (Wildman–Crippen LogP) is 3.13. The summed E-state index contributed by atoms with van der Waals surface area (Å²) in [6.07, 6.45) is 0. The number of rotatable bonds is 4. The van der Waals surface area contributed by atoms with Crippen molar-refractivity contribution in [1.82, 2.24) is 0 Å². The Morgan fingerprint density at radius 3 is 2.62 bits per heavy atom. The van der Waals surface area contributed by atoms with Crippen LogP contribution in [0.1, 0.15) is 26.4 Å². The predicted molar refractivity (Wildman–Crippen MR) is 82.5 cm³/mol. The average molecular weight is 324 g/mol. The number of methoxy groups -OCH3 is 1. The van der Waals surface area contributed by atoms with Crippen LogP contribution in [-0.4, -0.2) is 21.5 Å². The summed E-state index contributed by atoms with van der Waals surface area (Å²) in [6, 6.07) is 6.76. The van der Waals surface area contributed by atoms with E-state index in [1.165, 1.54) is 18.4 Å². The molecule has 0 atom stereocenters. The van der Waals surface area contributed by atoms with Crippen LogP contribution in [0.2, 0.25) is 0 Å². The maximum absolute atomic E-state index is 12.5. The van der Waals surface area contributed by atoms with Crippen molar-refractivity contribution in [3.05, 3.63) is 51.2 Å². The van der Waals surface area contributed by atoms with Gasteiger partial charge in [-0.2, -0.15) is 0 Å². The molecule has 2 aromatic rings. The smallest absolute Gasteiger partial charge is 0.348 e. The topological polar surface area (TPSA) is 60.4 Å². The molecule has 1 aromatic carbocycles. The highest BCUT2D eigenvalue weighted by Crippen LogP contribution is 2.27. The first-order valence-electron chi connectivity index (χ1n) is 6.30. The second-order valence-corrected chi connectivity index (χ2v) is 7.66. The summed E-state index contributed by atoms with van der Waals surface area (Å²) in [7, 11) is -2.21. The fraction of sp³-hybridized carbons (Fsp3) is 0.267. The molecule has 1 heterocycles. The molecule has 0 amide bonds. The van der Waals surface area contributed by atoms with Crippen LogP contribution >= 0.6 is 11.3 Å². The van der Waals surface area contributed by atoms with E-state index in [4.69, 9.17) is 4.74 Å². The van der Waals surface area contributed by atoms with Crippen LogP contribution in [0.4, 0.5) is 0 Å². The van der Waals surface area contributed by atoms with E-state index in [0.717, 1.165) is 11.1 Å². The summed E-state index contributed by atoms with van der Waals surface area (Å²) in [4.78, 5) is 12.3. The Labute approximate surface area is 128 Å². The molecule has 0 aliphatic rings. The second kappa shape index (κ2) is 5.99. The summed E-state index contributed by atoms with van der Waals surface area (Å²) < 4.78 is 29.7. The molecule has 0 fully saturated rings. The lowest BCUT2D eigenvalue weighted by atomic mass is 10.2. The zero-order chi connectivity index (χ0) is 15.6. The van der Waals surface area contributed by atoms with Crippen molar-refractivity contribution in [3.8, 4) is 0 Å². The number of carbonyl (C=O) groups excluding carboxylic acids is 1. The lowest BCUT2D eigenvalue weighted by Gasteiger charge is -2.07. The van der Waals surface area contributed by atoms with E-state index in [9.17, 15) is 13.2 Å². The van der Waals surface area contributed by atoms with Crippen LogP contribution < -0.4 is 0 Å². The van der Waals surface area contributed by atoms with E-state index in [2.05, 4.69) is 0 Å². The number of ether oxygens (including phenoxy) is 1. The van der Waals surface area contributed by atoms with E-state index >= 15 is 0 Å². The molecule has 0 aliphatic heterocycles. The fourth-order valence-electron chi connectivity index (χ4n) is 1.99. The van der Waals surface area contributed by atoms with Crippen molar-refractivity contribution in [1.29, 1.82) is 0 Å². The standard InChI is InChI=1S/C15H16O4S2/c1-10-5-4-6-12(7-10)21(17,18)9-13-11(2)8-20-14(13)15(16)19-3/h4-8H,9H2,1-3H3. The third-order valence-corrected chi connectivity index (χ3v) is 5.92. The highest BCUT2D eigenvalue weighted by Gasteiger charge is 2.23. The summed E-state index contributed by atoms with van der Waals surface area (Å²) >= 11 is 1.21. The van der Waals surface area contributed by atoms with Gasteiger partial charge >= 0.3 is 5.97 Å². The first-order valence-corrected chi connectivity index (χ1v) is 8.83. The van der Waals surface area contributed by atoms with Gasteiger partial charge < -0.3 is 4.74 Å². The first kappa shape index (κ1) is 15.7. The lowest BCUT2D eigenvalue weighted by molar-refractivity contribution is 0.0605. The summed E-state index contributed by atoms with van der Waals surface area (Å²) in [5.41, 5.74) is 2.19. The molecule has 0 N–H and O–H groups in total. The van der Waals surface area contributed by atoms with Gasteiger partial charge in [-0.1, -0.05) is 12.1 Å². The summed E-state index contributed by atoms with van der Waals surface area (Å²) in [5.74, 6) is -0.696. The van der Waals surface area contributed by atoms with Gasteiger partial charge in [0.05, 0.1) is 17.8 Å². The Bertz CT molecular complexity index is 773. The number of benzene rings is 1. The average Bonchev–Trinajstić information content (AvgIpc) is 2.79. The fourth-order valence-corrected chi connectivity index (χ4v) is 4.65. The first-order chi connectivity index (χ1) is 9.85. The van der Waals surface area contributed by atoms with Crippen LogP contribution in [0.5, 0.6) is 0 Å². The third-order valence-electron chi connectivity index (χ3n) is 3.16. The van der Waals surface area contributed by atoms with E-state index in [1.54, 1.807) is 30.5 Å². The quantitative estimate of drug-likeness (QED) is 0.811. The minimum atomic E-state index is -3.49. The minimum absolute atomic E-state index is 0.198. The second-order valence-electron chi connectivity index (χ2n) is 4.79.